The molecule has 0 aliphatic carbocycles. The lowest BCUT2D eigenvalue weighted by molar-refractivity contribution is -0.123. The minimum atomic E-state index is -0.0945. The van der Waals surface area contributed by atoms with Gasteiger partial charge in [-0.15, -0.1) is 0 Å². The van der Waals surface area contributed by atoms with Crippen molar-refractivity contribution in [2.45, 2.75) is 13.0 Å². The maximum atomic E-state index is 12.3. The summed E-state index contributed by atoms with van der Waals surface area (Å²) in [7, 11) is 0. The van der Waals surface area contributed by atoms with Crippen LogP contribution in [0.2, 0.25) is 0 Å². The Morgan fingerprint density at radius 1 is 1.15 bits per heavy atom. The summed E-state index contributed by atoms with van der Waals surface area (Å²) in [4.78, 5) is 28.4. The molecule has 1 aromatic heterocycles. The molecule has 0 unspecified atom stereocenters. The normalized spacial score (nSPS) is 16.3. The Kier molecular flexibility index (Phi) is 6.11. The molecule has 1 fully saturated rings. The van der Waals surface area contributed by atoms with Crippen LogP contribution in [0.15, 0.2) is 51.6 Å². The van der Waals surface area contributed by atoms with Gasteiger partial charge in [0.1, 0.15) is 0 Å². The Morgan fingerprint density at radius 2 is 1.85 bits per heavy atom. The first-order valence-electron chi connectivity index (χ1n) is 8.63. The van der Waals surface area contributed by atoms with E-state index in [1.807, 2.05) is 31.2 Å². The Morgan fingerprint density at radius 3 is 2.46 bits per heavy atom. The van der Waals surface area contributed by atoms with Gasteiger partial charge in [0.15, 0.2) is 5.76 Å². The second kappa shape index (κ2) is 8.51. The first-order valence-corrected chi connectivity index (χ1v) is 9.42. The van der Waals surface area contributed by atoms with E-state index in [2.05, 4.69) is 26.1 Å². The molecular formula is C19H22BrN3O3. The Labute approximate surface area is 161 Å². The van der Waals surface area contributed by atoms with Crippen molar-refractivity contribution in [3.8, 4) is 0 Å². The fourth-order valence-electron chi connectivity index (χ4n) is 2.99. The number of furan rings is 1. The molecule has 1 aliphatic heterocycles. The third-order valence-corrected chi connectivity index (χ3v) is 5.03. The standard InChI is InChI=1S/C19H22BrN3O3/c1-14(15-4-6-16(20)7-5-15)21-18(24)13-22-8-10-23(11-9-22)19(25)17-3-2-12-26-17/h2-7,12,14H,8-11,13H2,1H3,(H,21,24)/t14-/m1/s1. The van der Waals surface area contributed by atoms with Gasteiger partial charge in [0.05, 0.1) is 18.8 Å². The van der Waals surface area contributed by atoms with Gasteiger partial charge in [0, 0.05) is 30.7 Å². The number of amides is 2. The lowest BCUT2D eigenvalue weighted by Crippen LogP contribution is -2.51. The Balaban J connectivity index is 1.44. The largest absolute Gasteiger partial charge is 0.459 e. The van der Waals surface area contributed by atoms with Gasteiger partial charge in [-0.3, -0.25) is 14.5 Å². The van der Waals surface area contributed by atoms with E-state index >= 15 is 0 Å². The molecule has 0 bridgehead atoms. The summed E-state index contributed by atoms with van der Waals surface area (Å²) in [5.41, 5.74) is 1.07. The van der Waals surface area contributed by atoms with Crippen molar-refractivity contribution in [2.75, 3.05) is 32.7 Å². The van der Waals surface area contributed by atoms with Crippen molar-refractivity contribution in [3.63, 3.8) is 0 Å². The molecule has 1 N–H and O–H groups in total. The van der Waals surface area contributed by atoms with Crippen molar-refractivity contribution in [2.24, 2.45) is 0 Å². The Bertz CT molecular complexity index is 738. The van der Waals surface area contributed by atoms with E-state index in [1.165, 1.54) is 6.26 Å². The van der Waals surface area contributed by atoms with E-state index in [1.54, 1.807) is 17.0 Å². The van der Waals surface area contributed by atoms with E-state index in [-0.39, 0.29) is 17.9 Å². The number of hydrogen-bond donors (Lipinski definition) is 1. The van der Waals surface area contributed by atoms with Crippen LogP contribution in [0.5, 0.6) is 0 Å². The maximum absolute atomic E-state index is 12.3. The number of hydrogen-bond acceptors (Lipinski definition) is 4. The topological polar surface area (TPSA) is 65.8 Å². The van der Waals surface area contributed by atoms with E-state index in [4.69, 9.17) is 4.42 Å². The van der Waals surface area contributed by atoms with Crippen molar-refractivity contribution in [1.29, 1.82) is 0 Å². The summed E-state index contributed by atoms with van der Waals surface area (Å²) in [6.45, 7) is 4.84. The molecule has 1 aliphatic rings. The first-order chi connectivity index (χ1) is 12.5. The van der Waals surface area contributed by atoms with Crippen LogP contribution in [0.4, 0.5) is 0 Å². The highest BCUT2D eigenvalue weighted by molar-refractivity contribution is 9.10. The van der Waals surface area contributed by atoms with Crippen LogP contribution in [0.25, 0.3) is 0 Å². The maximum Gasteiger partial charge on any atom is 0.289 e. The molecule has 2 amide bonds. The lowest BCUT2D eigenvalue weighted by Gasteiger charge is -2.34. The van der Waals surface area contributed by atoms with Gasteiger partial charge in [0.2, 0.25) is 5.91 Å². The van der Waals surface area contributed by atoms with Crippen molar-refractivity contribution in [3.05, 3.63) is 58.5 Å². The van der Waals surface area contributed by atoms with Gasteiger partial charge < -0.3 is 14.6 Å². The summed E-state index contributed by atoms with van der Waals surface area (Å²) >= 11 is 3.41. The third kappa shape index (κ3) is 4.74. The SMILES string of the molecule is C[C@@H](NC(=O)CN1CCN(C(=O)c2ccco2)CC1)c1ccc(Br)cc1. The highest BCUT2D eigenvalue weighted by Crippen LogP contribution is 2.16. The molecule has 3 rings (SSSR count). The first kappa shape index (κ1) is 18.7. The fourth-order valence-corrected chi connectivity index (χ4v) is 3.25. The number of piperazine rings is 1. The van der Waals surface area contributed by atoms with E-state index in [0.29, 0.717) is 38.5 Å². The highest BCUT2D eigenvalue weighted by atomic mass is 79.9. The van der Waals surface area contributed by atoms with Crippen molar-refractivity contribution >= 4 is 27.7 Å². The number of halogens is 1. The molecule has 0 spiro atoms. The fraction of sp³-hybridized carbons (Fsp3) is 0.368. The molecule has 1 atom stereocenters. The quantitative estimate of drug-likeness (QED) is 0.808. The number of rotatable bonds is 5. The van der Waals surface area contributed by atoms with Crippen LogP contribution in [0.3, 0.4) is 0 Å². The van der Waals surface area contributed by atoms with Gasteiger partial charge in [-0.05, 0) is 36.8 Å². The molecule has 7 heteroatoms. The smallest absolute Gasteiger partial charge is 0.289 e. The zero-order valence-electron chi connectivity index (χ0n) is 14.7. The van der Waals surface area contributed by atoms with Gasteiger partial charge in [0.25, 0.3) is 5.91 Å². The molecule has 26 heavy (non-hydrogen) atoms. The number of nitrogens with one attached hydrogen (secondary N) is 1. The molecule has 2 heterocycles. The van der Waals surface area contributed by atoms with Crippen molar-refractivity contribution in [1.82, 2.24) is 15.1 Å². The zero-order chi connectivity index (χ0) is 18.5. The monoisotopic (exact) mass is 419 g/mol. The molecule has 1 aromatic carbocycles. The average Bonchev–Trinajstić information content (AvgIpc) is 3.17. The minimum absolute atomic E-state index is 0.00812. The summed E-state index contributed by atoms with van der Waals surface area (Å²) in [6, 6.07) is 11.3. The van der Waals surface area contributed by atoms with Crippen LogP contribution in [0, 0.1) is 0 Å². The molecule has 1 saturated heterocycles. The molecule has 0 radical (unpaired) electrons. The minimum Gasteiger partial charge on any atom is -0.459 e. The number of benzene rings is 1. The molecule has 2 aromatic rings. The summed E-state index contributed by atoms with van der Waals surface area (Å²) in [6.07, 6.45) is 1.50. The van der Waals surface area contributed by atoms with Gasteiger partial charge in [-0.25, -0.2) is 0 Å². The predicted molar refractivity (Wildman–Crippen MR) is 102 cm³/mol. The number of carbonyl (C=O) groups is 2. The van der Waals surface area contributed by atoms with Crippen LogP contribution >= 0.6 is 15.9 Å². The summed E-state index contributed by atoms with van der Waals surface area (Å²) in [5.74, 6) is 0.258. The summed E-state index contributed by atoms with van der Waals surface area (Å²) < 4.78 is 6.18. The number of carbonyl (C=O) groups excluding carboxylic acids is 2. The Hall–Kier alpha value is -2.12. The second-order valence-corrected chi connectivity index (χ2v) is 7.30. The van der Waals surface area contributed by atoms with Gasteiger partial charge in [-0.2, -0.15) is 0 Å². The molecule has 0 saturated carbocycles. The lowest BCUT2D eigenvalue weighted by atomic mass is 10.1. The zero-order valence-corrected chi connectivity index (χ0v) is 16.2. The van der Waals surface area contributed by atoms with Crippen LogP contribution < -0.4 is 5.32 Å². The molecule has 6 nitrogen and oxygen atoms in total. The predicted octanol–water partition coefficient (Wildman–Crippen LogP) is 2.68. The van der Waals surface area contributed by atoms with Crippen molar-refractivity contribution < 1.29 is 14.0 Å². The van der Waals surface area contributed by atoms with Gasteiger partial charge >= 0.3 is 0 Å². The third-order valence-electron chi connectivity index (χ3n) is 4.51. The second-order valence-electron chi connectivity index (χ2n) is 6.39. The van der Waals surface area contributed by atoms with Crippen LogP contribution in [0.1, 0.15) is 29.1 Å². The average molecular weight is 420 g/mol. The number of nitrogens with zero attached hydrogens (tertiary/aromatic N) is 2. The molecule has 138 valence electrons. The van der Waals surface area contributed by atoms with Crippen LogP contribution in [-0.2, 0) is 4.79 Å². The highest BCUT2D eigenvalue weighted by Gasteiger charge is 2.24. The van der Waals surface area contributed by atoms with Gasteiger partial charge in [-0.1, -0.05) is 28.1 Å². The van der Waals surface area contributed by atoms with E-state index in [0.717, 1.165) is 10.0 Å². The summed E-state index contributed by atoms with van der Waals surface area (Å²) in [5, 5.41) is 3.03. The molecular weight excluding hydrogens is 398 g/mol. The van der Waals surface area contributed by atoms with Crippen LogP contribution in [-0.4, -0.2) is 54.3 Å². The van der Waals surface area contributed by atoms with E-state index in [9.17, 15) is 9.59 Å². The van der Waals surface area contributed by atoms with E-state index < -0.39 is 0 Å².